The van der Waals surface area contributed by atoms with Crippen LogP contribution in [0, 0.1) is 10.1 Å². The lowest BCUT2D eigenvalue weighted by Crippen LogP contribution is -2.40. The van der Waals surface area contributed by atoms with Gasteiger partial charge >= 0.3 is 5.91 Å². The zero-order chi connectivity index (χ0) is 9.90. The van der Waals surface area contributed by atoms with Gasteiger partial charge in [-0.15, -0.1) is 0 Å². The minimum atomic E-state index is -2.37. The fraction of sp³-hybridized carbons (Fsp3) is 0.250. The van der Waals surface area contributed by atoms with Gasteiger partial charge in [-0.05, 0) is 12.1 Å². The highest BCUT2D eigenvalue weighted by Gasteiger charge is 2.36. The van der Waals surface area contributed by atoms with Gasteiger partial charge in [0.2, 0.25) is 0 Å². The fourth-order valence-corrected chi connectivity index (χ4v) is 0.749. The number of aliphatic hydroxyl groups is 1. The molecule has 0 amide bonds. The maximum atomic E-state index is 10.3. The van der Waals surface area contributed by atoms with Crippen LogP contribution in [0.3, 0.4) is 0 Å². The van der Waals surface area contributed by atoms with E-state index in [1.54, 1.807) is 18.2 Å². The maximum absolute atomic E-state index is 10.3. The van der Waals surface area contributed by atoms with E-state index < -0.39 is 10.8 Å². The summed E-state index contributed by atoms with van der Waals surface area (Å²) in [5, 5.41) is 19.4. The van der Waals surface area contributed by atoms with E-state index in [1.165, 1.54) is 12.1 Å². The van der Waals surface area contributed by atoms with E-state index >= 15 is 0 Å². The van der Waals surface area contributed by atoms with E-state index in [2.05, 4.69) is 0 Å². The lowest BCUT2D eigenvalue weighted by Gasteiger charge is -2.14. The number of nitrogens with zero attached hydrogens (tertiary/aromatic N) is 1. The van der Waals surface area contributed by atoms with Gasteiger partial charge in [-0.3, -0.25) is 15.2 Å². The monoisotopic (exact) mass is 183 g/mol. The Morgan fingerprint density at radius 3 is 2.46 bits per heavy atom. The smallest absolute Gasteiger partial charge is 0.406 e. The van der Waals surface area contributed by atoms with E-state index in [0.29, 0.717) is 0 Å². The number of hydrogen-bond acceptors (Lipinski definition) is 4. The van der Waals surface area contributed by atoms with Crippen molar-refractivity contribution in [2.45, 2.75) is 12.8 Å². The molecule has 0 saturated carbocycles. The second-order valence-electron chi connectivity index (χ2n) is 2.61. The van der Waals surface area contributed by atoms with Crippen molar-refractivity contribution in [2.24, 2.45) is 0 Å². The van der Waals surface area contributed by atoms with Gasteiger partial charge in [-0.1, -0.05) is 18.2 Å². The molecule has 1 aromatic carbocycles. The Bertz CT molecular complexity index is 296. The van der Waals surface area contributed by atoms with E-state index in [1.807, 2.05) is 0 Å². The zero-order valence-electron chi connectivity index (χ0n) is 7.01. The van der Waals surface area contributed by atoms with Gasteiger partial charge in [0.25, 0.3) is 0 Å². The zero-order valence-corrected chi connectivity index (χ0v) is 7.01. The molecule has 0 aliphatic carbocycles. The van der Waals surface area contributed by atoms with E-state index in [-0.39, 0.29) is 5.75 Å². The Labute approximate surface area is 74.7 Å². The Kier molecular flexibility index (Phi) is 2.48. The first-order chi connectivity index (χ1) is 6.02. The molecule has 0 spiro atoms. The van der Waals surface area contributed by atoms with Crippen LogP contribution >= 0.6 is 0 Å². The van der Waals surface area contributed by atoms with Crippen LogP contribution in [0.2, 0.25) is 0 Å². The molecular formula is C8H9NO4. The van der Waals surface area contributed by atoms with E-state index in [4.69, 9.17) is 9.84 Å². The van der Waals surface area contributed by atoms with Crippen LogP contribution in [0.25, 0.3) is 0 Å². The normalized spacial score (nSPS) is 14.6. The molecular weight excluding hydrogens is 174 g/mol. The topological polar surface area (TPSA) is 72.6 Å². The molecule has 0 aliphatic rings. The number of para-hydroxylation sites is 1. The van der Waals surface area contributed by atoms with Crippen LogP contribution in [0.5, 0.6) is 5.75 Å². The Hall–Kier alpha value is -1.62. The summed E-state index contributed by atoms with van der Waals surface area (Å²) in [6, 6.07) is 8.11. The molecule has 1 aromatic rings. The van der Waals surface area contributed by atoms with Crippen molar-refractivity contribution in [2.75, 3.05) is 0 Å². The predicted octanol–water partition coefficient (Wildman–Crippen LogP) is 1.01. The van der Waals surface area contributed by atoms with Gasteiger partial charge in [0, 0.05) is 0 Å². The Morgan fingerprint density at radius 2 is 2.00 bits per heavy atom. The SMILES string of the molecule is CC(O)(Oc1ccccc1)[N+](=O)[O-]. The summed E-state index contributed by atoms with van der Waals surface area (Å²) in [6.07, 6.45) is 0. The summed E-state index contributed by atoms with van der Waals surface area (Å²) in [6.45, 7) is 0.972. The molecule has 0 saturated heterocycles. The number of nitro groups is 1. The van der Waals surface area contributed by atoms with Gasteiger partial charge in [0.05, 0.1) is 11.8 Å². The molecule has 5 heteroatoms. The molecule has 1 atom stereocenters. The average Bonchev–Trinajstić information content (AvgIpc) is 2.05. The Morgan fingerprint density at radius 1 is 1.46 bits per heavy atom. The maximum Gasteiger partial charge on any atom is 0.478 e. The molecule has 0 fully saturated rings. The molecule has 1 N–H and O–H groups in total. The second kappa shape index (κ2) is 3.40. The molecule has 0 heterocycles. The van der Waals surface area contributed by atoms with Crippen LogP contribution in [0.1, 0.15) is 6.92 Å². The van der Waals surface area contributed by atoms with Crippen molar-refractivity contribution < 1.29 is 14.8 Å². The van der Waals surface area contributed by atoms with Crippen LogP contribution in [-0.4, -0.2) is 15.9 Å². The molecule has 70 valence electrons. The van der Waals surface area contributed by atoms with Gasteiger partial charge in [0.15, 0.2) is 0 Å². The number of benzene rings is 1. The standard InChI is InChI=1S/C8H9NO4/c1-8(10,9(11)12)13-7-5-3-2-4-6-7/h2-6,10H,1H3. The molecule has 0 radical (unpaired) electrons. The first-order valence-corrected chi connectivity index (χ1v) is 3.63. The Balaban J connectivity index is 2.75. The largest absolute Gasteiger partial charge is 0.478 e. The molecule has 5 nitrogen and oxygen atoms in total. The van der Waals surface area contributed by atoms with Crippen molar-refractivity contribution in [1.82, 2.24) is 0 Å². The summed E-state index contributed by atoms with van der Waals surface area (Å²) < 4.78 is 4.72. The highest BCUT2D eigenvalue weighted by molar-refractivity contribution is 5.21. The fourth-order valence-electron chi connectivity index (χ4n) is 0.749. The molecule has 0 aliphatic heterocycles. The van der Waals surface area contributed by atoms with E-state index in [0.717, 1.165) is 6.92 Å². The lowest BCUT2D eigenvalue weighted by molar-refractivity contribution is -0.668. The van der Waals surface area contributed by atoms with E-state index in [9.17, 15) is 10.1 Å². The lowest BCUT2D eigenvalue weighted by atomic mass is 10.3. The third kappa shape index (κ3) is 2.41. The summed E-state index contributed by atoms with van der Waals surface area (Å²) in [5.74, 6) is -2.12. The number of rotatable bonds is 3. The summed E-state index contributed by atoms with van der Waals surface area (Å²) in [4.78, 5) is 9.35. The van der Waals surface area contributed by atoms with Crippen LogP contribution in [0.4, 0.5) is 0 Å². The summed E-state index contributed by atoms with van der Waals surface area (Å²) in [5.41, 5.74) is 0. The first-order valence-electron chi connectivity index (χ1n) is 3.63. The van der Waals surface area contributed by atoms with Crippen molar-refractivity contribution in [3.05, 3.63) is 40.4 Å². The van der Waals surface area contributed by atoms with Crippen LogP contribution < -0.4 is 4.74 Å². The molecule has 1 unspecified atom stereocenters. The van der Waals surface area contributed by atoms with Gasteiger partial charge in [0.1, 0.15) is 5.75 Å². The quantitative estimate of drug-likeness (QED) is 0.431. The van der Waals surface area contributed by atoms with Crippen molar-refractivity contribution in [3.63, 3.8) is 0 Å². The van der Waals surface area contributed by atoms with Gasteiger partial charge in [-0.25, -0.2) is 0 Å². The minimum absolute atomic E-state index is 0.254. The third-order valence-electron chi connectivity index (χ3n) is 1.39. The van der Waals surface area contributed by atoms with Gasteiger partial charge < -0.3 is 4.74 Å². The van der Waals surface area contributed by atoms with Crippen LogP contribution in [-0.2, 0) is 0 Å². The second-order valence-corrected chi connectivity index (χ2v) is 2.61. The average molecular weight is 183 g/mol. The van der Waals surface area contributed by atoms with Crippen molar-refractivity contribution >= 4 is 0 Å². The number of hydrogen-bond donors (Lipinski definition) is 1. The first kappa shape index (κ1) is 9.47. The molecule has 13 heavy (non-hydrogen) atoms. The summed E-state index contributed by atoms with van der Waals surface area (Å²) in [7, 11) is 0. The molecule has 0 aromatic heterocycles. The minimum Gasteiger partial charge on any atom is -0.406 e. The molecule has 0 bridgehead atoms. The van der Waals surface area contributed by atoms with Crippen molar-refractivity contribution in [1.29, 1.82) is 0 Å². The predicted molar refractivity (Wildman–Crippen MR) is 44.7 cm³/mol. The number of ether oxygens (including phenoxy) is 1. The highest BCUT2D eigenvalue weighted by Crippen LogP contribution is 2.15. The third-order valence-corrected chi connectivity index (χ3v) is 1.39. The van der Waals surface area contributed by atoms with Gasteiger partial charge in [-0.2, -0.15) is 0 Å². The van der Waals surface area contributed by atoms with Crippen LogP contribution in [0.15, 0.2) is 30.3 Å². The highest BCUT2D eigenvalue weighted by atomic mass is 16.8. The summed E-state index contributed by atoms with van der Waals surface area (Å²) >= 11 is 0. The van der Waals surface area contributed by atoms with Crippen molar-refractivity contribution in [3.8, 4) is 5.75 Å². The molecule has 1 rings (SSSR count).